The van der Waals surface area contributed by atoms with Crippen molar-refractivity contribution >= 4 is 29.1 Å². The first kappa shape index (κ1) is 18.8. The molecule has 25 heavy (non-hydrogen) atoms. The molecular formula is C19H22ClN3O2. The van der Waals surface area contributed by atoms with E-state index in [0.717, 1.165) is 11.3 Å². The molecule has 0 fully saturated rings. The Labute approximate surface area is 152 Å². The van der Waals surface area contributed by atoms with Crippen molar-refractivity contribution in [2.45, 2.75) is 26.2 Å². The highest BCUT2D eigenvalue weighted by atomic mass is 35.5. The van der Waals surface area contributed by atoms with Crippen LogP contribution in [0.3, 0.4) is 0 Å². The second-order valence-electron chi connectivity index (χ2n) is 6.69. The third-order valence-corrected chi connectivity index (χ3v) is 3.84. The number of hydrazine groups is 1. The Kier molecular flexibility index (Phi) is 6.04. The lowest BCUT2D eigenvalue weighted by molar-refractivity contribution is -0.120. The molecule has 0 heterocycles. The zero-order valence-corrected chi connectivity index (χ0v) is 15.3. The van der Waals surface area contributed by atoms with Crippen LogP contribution < -0.4 is 16.2 Å². The van der Waals surface area contributed by atoms with Crippen LogP contribution in [0.1, 0.15) is 36.7 Å². The molecule has 0 radical (unpaired) electrons. The van der Waals surface area contributed by atoms with Crippen LogP contribution in [0.4, 0.5) is 5.69 Å². The summed E-state index contributed by atoms with van der Waals surface area (Å²) >= 11 is 5.87. The first-order chi connectivity index (χ1) is 11.8. The summed E-state index contributed by atoms with van der Waals surface area (Å²) in [6.07, 6.45) is 0. The minimum Gasteiger partial charge on any atom is -0.376 e. The molecule has 2 amide bonds. The minimum atomic E-state index is -0.364. The van der Waals surface area contributed by atoms with E-state index < -0.39 is 0 Å². The first-order valence-electron chi connectivity index (χ1n) is 7.95. The molecule has 0 aromatic heterocycles. The van der Waals surface area contributed by atoms with Gasteiger partial charge in [-0.2, -0.15) is 0 Å². The molecule has 2 aromatic carbocycles. The van der Waals surface area contributed by atoms with Crippen molar-refractivity contribution in [3.05, 3.63) is 64.7 Å². The average Bonchev–Trinajstić information content (AvgIpc) is 2.57. The van der Waals surface area contributed by atoms with Crippen LogP contribution in [-0.2, 0) is 10.2 Å². The van der Waals surface area contributed by atoms with Crippen LogP contribution >= 0.6 is 11.6 Å². The van der Waals surface area contributed by atoms with Gasteiger partial charge in [0.15, 0.2) is 0 Å². The molecule has 0 aliphatic heterocycles. The van der Waals surface area contributed by atoms with Crippen molar-refractivity contribution in [2.24, 2.45) is 0 Å². The SMILES string of the molecule is CC(C)(C)c1ccc(C(=O)NNC(=O)CNc2cccc(Cl)c2)cc1. The number of amides is 2. The van der Waals surface area contributed by atoms with E-state index in [1.165, 1.54) is 0 Å². The summed E-state index contributed by atoms with van der Waals surface area (Å²) in [5.74, 6) is -0.726. The van der Waals surface area contributed by atoms with E-state index in [0.29, 0.717) is 10.6 Å². The van der Waals surface area contributed by atoms with Gasteiger partial charge in [-0.15, -0.1) is 0 Å². The Bertz CT molecular complexity index is 752. The van der Waals surface area contributed by atoms with Crippen molar-refractivity contribution in [1.29, 1.82) is 0 Å². The fraction of sp³-hybridized carbons (Fsp3) is 0.263. The Balaban J connectivity index is 1.82. The molecule has 0 aliphatic carbocycles. The third-order valence-electron chi connectivity index (χ3n) is 3.61. The summed E-state index contributed by atoms with van der Waals surface area (Å²) in [4.78, 5) is 23.9. The van der Waals surface area contributed by atoms with Gasteiger partial charge in [0, 0.05) is 16.3 Å². The summed E-state index contributed by atoms with van der Waals surface area (Å²) < 4.78 is 0. The van der Waals surface area contributed by atoms with E-state index in [4.69, 9.17) is 11.6 Å². The highest BCUT2D eigenvalue weighted by molar-refractivity contribution is 6.30. The minimum absolute atomic E-state index is 0.0174. The predicted octanol–water partition coefficient (Wildman–Crippen LogP) is 3.51. The summed E-state index contributed by atoms with van der Waals surface area (Å²) in [5, 5.41) is 3.51. The summed E-state index contributed by atoms with van der Waals surface area (Å²) in [5.41, 5.74) is 7.15. The van der Waals surface area contributed by atoms with Gasteiger partial charge in [0.25, 0.3) is 11.8 Å². The molecule has 6 heteroatoms. The van der Waals surface area contributed by atoms with E-state index in [-0.39, 0.29) is 23.8 Å². The summed E-state index contributed by atoms with van der Waals surface area (Å²) in [7, 11) is 0. The lowest BCUT2D eigenvalue weighted by Gasteiger charge is -2.19. The smallest absolute Gasteiger partial charge is 0.269 e. The molecule has 0 aliphatic rings. The fourth-order valence-electron chi connectivity index (χ4n) is 2.15. The van der Waals surface area contributed by atoms with Crippen molar-refractivity contribution in [3.63, 3.8) is 0 Å². The number of anilines is 1. The van der Waals surface area contributed by atoms with Gasteiger partial charge in [-0.1, -0.05) is 50.6 Å². The number of carbonyl (C=O) groups is 2. The predicted molar refractivity (Wildman–Crippen MR) is 101 cm³/mol. The topological polar surface area (TPSA) is 70.2 Å². The largest absolute Gasteiger partial charge is 0.376 e. The summed E-state index contributed by atoms with van der Waals surface area (Å²) in [6, 6.07) is 14.4. The van der Waals surface area contributed by atoms with Gasteiger partial charge in [-0.25, -0.2) is 0 Å². The van der Waals surface area contributed by atoms with Gasteiger partial charge in [-0.05, 0) is 41.3 Å². The Morgan fingerprint density at radius 1 is 1.00 bits per heavy atom. The Morgan fingerprint density at radius 2 is 1.68 bits per heavy atom. The van der Waals surface area contributed by atoms with E-state index >= 15 is 0 Å². The molecule has 0 bridgehead atoms. The zero-order valence-electron chi connectivity index (χ0n) is 14.5. The maximum atomic E-state index is 12.1. The molecule has 0 atom stereocenters. The number of nitrogens with one attached hydrogen (secondary N) is 3. The quantitative estimate of drug-likeness (QED) is 0.731. The molecule has 0 spiro atoms. The van der Waals surface area contributed by atoms with Gasteiger partial charge in [0.05, 0.1) is 6.54 Å². The summed E-state index contributed by atoms with van der Waals surface area (Å²) in [6.45, 7) is 6.34. The molecule has 132 valence electrons. The number of carbonyl (C=O) groups excluding carboxylic acids is 2. The van der Waals surface area contributed by atoms with E-state index in [2.05, 4.69) is 36.9 Å². The van der Waals surface area contributed by atoms with Crippen LogP contribution in [0.15, 0.2) is 48.5 Å². The van der Waals surface area contributed by atoms with Gasteiger partial charge in [0.1, 0.15) is 0 Å². The van der Waals surface area contributed by atoms with E-state index in [1.54, 1.807) is 36.4 Å². The van der Waals surface area contributed by atoms with Gasteiger partial charge in [-0.3, -0.25) is 20.4 Å². The molecule has 0 saturated carbocycles. The highest BCUT2D eigenvalue weighted by Crippen LogP contribution is 2.22. The fourth-order valence-corrected chi connectivity index (χ4v) is 2.34. The zero-order chi connectivity index (χ0) is 18.4. The van der Waals surface area contributed by atoms with Gasteiger partial charge in [0.2, 0.25) is 0 Å². The van der Waals surface area contributed by atoms with E-state index in [1.807, 2.05) is 12.1 Å². The van der Waals surface area contributed by atoms with Crippen LogP contribution in [0.5, 0.6) is 0 Å². The number of halogens is 1. The molecule has 2 aromatic rings. The second-order valence-corrected chi connectivity index (χ2v) is 7.13. The first-order valence-corrected chi connectivity index (χ1v) is 8.33. The Morgan fingerprint density at radius 3 is 2.28 bits per heavy atom. The standard InChI is InChI=1S/C19H22ClN3O2/c1-19(2,3)14-9-7-13(8-10-14)18(25)23-22-17(24)12-21-16-6-4-5-15(20)11-16/h4-11,21H,12H2,1-3H3,(H,22,24)(H,23,25). The molecule has 0 saturated heterocycles. The second kappa shape index (κ2) is 8.03. The van der Waals surface area contributed by atoms with Crippen LogP contribution in [0.2, 0.25) is 5.02 Å². The number of hydrogen-bond donors (Lipinski definition) is 3. The van der Waals surface area contributed by atoms with Crippen molar-refractivity contribution < 1.29 is 9.59 Å². The average molecular weight is 360 g/mol. The van der Waals surface area contributed by atoms with Crippen LogP contribution in [0.25, 0.3) is 0 Å². The monoisotopic (exact) mass is 359 g/mol. The van der Waals surface area contributed by atoms with Crippen LogP contribution in [0, 0.1) is 0 Å². The highest BCUT2D eigenvalue weighted by Gasteiger charge is 2.14. The number of rotatable bonds is 4. The van der Waals surface area contributed by atoms with E-state index in [9.17, 15) is 9.59 Å². The van der Waals surface area contributed by atoms with Crippen molar-refractivity contribution in [2.75, 3.05) is 11.9 Å². The van der Waals surface area contributed by atoms with Gasteiger partial charge < -0.3 is 5.32 Å². The van der Waals surface area contributed by atoms with Gasteiger partial charge >= 0.3 is 0 Å². The number of benzene rings is 2. The van der Waals surface area contributed by atoms with Crippen LogP contribution in [-0.4, -0.2) is 18.4 Å². The number of hydrogen-bond acceptors (Lipinski definition) is 3. The molecular weight excluding hydrogens is 338 g/mol. The molecule has 3 N–H and O–H groups in total. The maximum Gasteiger partial charge on any atom is 0.269 e. The lowest BCUT2D eigenvalue weighted by Crippen LogP contribution is -2.44. The van der Waals surface area contributed by atoms with Crippen molar-refractivity contribution in [1.82, 2.24) is 10.9 Å². The third kappa shape index (κ3) is 5.80. The molecule has 5 nitrogen and oxygen atoms in total. The maximum absolute atomic E-state index is 12.1. The lowest BCUT2D eigenvalue weighted by atomic mass is 9.87. The van der Waals surface area contributed by atoms with Crippen molar-refractivity contribution in [3.8, 4) is 0 Å². The molecule has 2 rings (SSSR count). The Hall–Kier alpha value is -2.53. The molecule has 0 unspecified atom stereocenters. The normalized spacial score (nSPS) is 10.9.